The average molecular weight is 433 g/mol. The van der Waals surface area contributed by atoms with E-state index in [0.29, 0.717) is 11.4 Å². The lowest BCUT2D eigenvalue weighted by Crippen LogP contribution is -2.33. The smallest absolute Gasteiger partial charge is 0.225 e. The molecule has 4 aromatic rings. The molecule has 6 heteroatoms. The Bertz CT molecular complexity index is 1200. The van der Waals surface area contributed by atoms with Crippen molar-refractivity contribution >= 4 is 28.5 Å². The monoisotopic (exact) mass is 432 g/mol. The third kappa shape index (κ3) is 3.74. The van der Waals surface area contributed by atoms with Gasteiger partial charge in [-0.2, -0.15) is 0 Å². The third-order valence-electron chi connectivity index (χ3n) is 6.30. The largest absolute Gasteiger partial charge is 0.346 e. The highest BCUT2D eigenvalue weighted by Gasteiger charge is 2.34. The van der Waals surface area contributed by atoms with Crippen molar-refractivity contribution in [1.29, 1.82) is 0 Å². The van der Waals surface area contributed by atoms with Crippen molar-refractivity contribution in [2.75, 3.05) is 6.54 Å². The first-order valence-corrected chi connectivity index (χ1v) is 11.1. The number of amides is 1. The molecule has 0 radical (unpaired) electrons. The van der Waals surface area contributed by atoms with Crippen molar-refractivity contribution in [3.63, 3.8) is 0 Å². The van der Waals surface area contributed by atoms with Gasteiger partial charge in [0.05, 0.1) is 29.5 Å². The highest BCUT2D eigenvalue weighted by molar-refractivity contribution is 6.30. The first-order chi connectivity index (χ1) is 15.1. The summed E-state index contributed by atoms with van der Waals surface area (Å²) in [6, 6.07) is 19.9. The Balaban J connectivity index is 1.43. The van der Waals surface area contributed by atoms with Crippen LogP contribution in [0, 0.1) is 0 Å². The molecule has 1 aliphatic heterocycles. The molecule has 1 aliphatic rings. The zero-order chi connectivity index (χ0) is 21.4. The number of aryl methyl sites for hydroxylation is 1. The molecule has 0 N–H and O–H groups in total. The zero-order valence-corrected chi connectivity index (χ0v) is 18.2. The second kappa shape index (κ2) is 8.23. The molecule has 1 saturated heterocycles. The van der Waals surface area contributed by atoms with Gasteiger partial charge in [-0.1, -0.05) is 35.9 Å². The third-order valence-corrected chi connectivity index (χ3v) is 6.56. The number of hydrogen-bond donors (Lipinski definition) is 0. The number of fused-ring (bicyclic) bond motifs is 1. The SMILES string of the molecule is Cn1c([C@@H]2CCCN2C(=O)C[C@H](c2ccc(Cl)cc2)n2cccc2)nc2ccccc21. The van der Waals surface area contributed by atoms with E-state index in [4.69, 9.17) is 16.6 Å². The summed E-state index contributed by atoms with van der Waals surface area (Å²) in [7, 11) is 2.04. The Labute approximate surface area is 186 Å². The molecule has 0 bridgehead atoms. The second-order valence-corrected chi connectivity index (χ2v) is 8.60. The molecule has 0 unspecified atom stereocenters. The number of para-hydroxylation sites is 2. The van der Waals surface area contributed by atoms with E-state index in [-0.39, 0.29) is 18.0 Å². The van der Waals surface area contributed by atoms with E-state index >= 15 is 0 Å². The molecule has 2 aromatic heterocycles. The van der Waals surface area contributed by atoms with Gasteiger partial charge in [-0.05, 0) is 54.8 Å². The van der Waals surface area contributed by atoms with E-state index in [1.165, 1.54) is 0 Å². The number of carbonyl (C=O) groups excluding carboxylic acids is 1. The minimum Gasteiger partial charge on any atom is -0.346 e. The van der Waals surface area contributed by atoms with E-state index in [9.17, 15) is 4.79 Å². The maximum Gasteiger partial charge on any atom is 0.225 e. The Morgan fingerprint density at radius 3 is 2.58 bits per heavy atom. The maximum atomic E-state index is 13.6. The van der Waals surface area contributed by atoms with Crippen LogP contribution < -0.4 is 0 Å². The summed E-state index contributed by atoms with van der Waals surface area (Å²) in [6.07, 6.45) is 6.36. The summed E-state index contributed by atoms with van der Waals surface area (Å²) in [5, 5.41) is 0.697. The summed E-state index contributed by atoms with van der Waals surface area (Å²) in [5.74, 6) is 1.12. The normalized spacial score (nSPS) is 17.4. The van der Waals surface area contributed by atoms with Crippen LogP contribution in [0.1, 0.15) is 42.7 Å². The molecule has 158 valence electrons. The molecular weight excluding hydrogens is 408 g/mol. The first kappa shape index (κ1) is 19.9. The minimum absolute atomic E-state index is 0.0143. The van der Waals surface area contributed by atoms with Crippen LogP contribution in [-0.2, 0) is 11.8 Å². The number of aromatic nitrogens is 3. The zero-order valence-electron chi connectivity index (χ0n) is 17.5. The number of likely N-dealkylation sites (tertiary alicyclic amines) is 1. The van der Waals surface area contributed by atoms with Gasteiger partial charge in [0, 0.05) is 31.0 Å². The van der Waals surface area contributed by atoms with Crippen LogP contribution in [0.15, 0.2) is 73.1 Å². The van der Waals surface area contributed by atoms with Gasteiger partial charge in [0.2, 0.25) is 5.91 Å². The van der Waals surface area contributed by atoms with E-state index in [1.807, 2.05) is 78.9 Å². The van der Waals surface area contributed by atoms with Gasteiger partial charge in [0.1, 0.15) is 5.82 Å². The Morgan fingerprint density at radius 1 is 1.10 bits per heavy atom. The van der Waals surface area contributed by atoms with Crippen LogP contribution in [0.3, 0.4) is 0 Å². The predicted octanol–water partition coefficient (Wildman–Crippen LogP) is 5.37. The van der Waals surface area contributed by atoms with Crippen LogP contribution in [0.5, 0.6) is 0 Å². The quantitative estimate of drug-likeness (QED) is 0.425. The maximum absolute atomic E-state index is 13.6. The van der Waals surface area contributed by atoms with Crippen LogP contribution in [0.4, 0.5) is 0 Å². The molecule has 0 spiro atoms. The van der Waals surface area contributed by atoms with Crippen molar-refractivity contribution in [2.24, 2.45) is 7.05 Å². The predicted molar refractivity (Wildman–Crippen MR) is 123 cm³/mol. The molecule has 5 nitrogen and oxygen atoms in total. The van der Waals surface area contributed by atoms with Gasteiger partial charge < -0.3 is 14.0 Å². The lowest BCUT2D eigenvalue weighted by molar-refractivity contribution is -0.132. The van der Waals surface area contributed by atoms with Crippen molar-refractivity contribution in [1.82, 2.24) is 19.0 Å². The summed E-state index contributed by atoms with van der Waals surface area (Å²) >= 11 is 6.09. The van der Waals surface area contributed by atoms with Gasteiger partial charge in [-0.3, -0.25) is 4.79 Å². The second-order valence-electron chi connectivity index (χ2n) is 8.16. The molecule has 0 aliphatic carbocycles. The van der Waals surface area contributed by atoms with Gasteiger partial charge >= 0.3 is 0 Å². The standard InChI is InChI=1S/C25H25ClN4O/c1-28-21-8-3-2-7-20(21)27-25(28)22-9-6-16-30(22)24(31)17-23(29-14-4-5-15-29)18-10-12-19(26)13-11-18/h2-5,7-8,10-15,22-23H,6,9,16-17H2,1H3/t22-,23+/m0/s1. The van der Waals surface area contributed by atoms with Gasteiger partial charge in [-0.15, -0.1) is 0 Å². The molecule has 31 heavy (non-hydrogen) atoms. The van der Waals surface area contributed by atoms with Crippen LogP contribution in [0.25, 0.3) is 11.0 Å². The molecule has 3 heterocycles. The van der Waals surface area contributed by atoms with Crippen LogP contribution >= 0.6 is 11.6 Å². The fourth-order valence-corrected chi connectivity index (χ4v) is 4.84. The van der Waals surface area contributed by atoms with E-state index in [0.717, 1.165) is 41.8 Å². The number of halogens is 1. The number of imidazole rings is 1. The molecular formula is C25H25ClN4O. The van der Waals surface area contributed by atoms with Gasteiger partial charge in [-0.25, -0.2) is 4.98 Å². The number of carbonyl (C=O) groups is 1. The van der Waals surface area contributed by atoms with Crippen molar-refractivity contribution < 1.29 is 4.79 Å². The van der Waals surface area contributed by atoms with Crippen molar-refractivity contribution in [2.45, 2.75) is 31.3 Å². The minimum atomic E-state index is -0.0681. The van der Waals surface area contributed by atoms with Crippen molar-refractivity contribution in [3.05, 3.63) is 89.5 Å². The molecule has 0 saturated carbocycles. The molecule has 1 fully saturated rings. The van der Waals surface area contributed by atoms with Gasteiger partial charge in [0.15, 0.2) is 0 Å². The summed E-state index contributed by atoms with van der Waals surface area (Å²) in [5.41, 5.74) is 3.15. The van der Waals surface area contributed by atoms with E-state index < -0.39 is 0 Å². The summed E-state index contributed by atoms with van der Waals surface area (Å²) < 4.78 is 4.23. The first-order valence-electron chi connectivity index (χ1n) is 10.7. The van der Waals surface area contributed by atoms with Crippen molar-refractivity contribution in [3.8, 4) is 0 Å². The highest BCUT2D eigenvalue weighted by atomic mass is 35.5. The number of rotatable bonds is 5. The fourth-order valence-electron chi connectivity index (χ4n) is 4.71. The Kier molecular flexibility index (Phi) is 5.28. The van der Waals surface area contributed by atoms with E-state index in [1.54, 1.807) is 0 Å². The number of nitrogens with zero attached hydrogens (tertiary/aromatic N) is 4. The average Bonchev–Trinajstić information content (AvgIpc) is 3.53. The Morgan fingerprint density at radius 2 is 1.84 bits per heavy atom. The summed E-state index contributed by atoms with van der Waals surface area (Å²) in [4.78, 5) is 20.4. The van der Waals surface area contributed by atoms with Crippen LogP contribution in [0.2, 0.25) is 5.02 Å². The van der Waals surface area contributed by atoms with Gasteiger partial charge in [0.25, 0.3) is 0 Å². The molecule has 2 aromatic carbocycles. The lowest BCUT2D eigenvalue weighted by atomic mass is 10.0. The molecule has 5 rings (SSSR count). The molecule has 1 amide bonds. The number of hydrogen-bond acceptors (Lipinski definition) is 2. The summed E-state index contributed by atoms with van der Waals surface area (Å²) in [6.45, 7) is 0.770. The fraction of sp³-hybridized carbons (Fsp3) is 0.280. The lowest BCUT2D eigenvalue weighted by Gasteiger charge is -2.27. The van der Waals surface area contributed by atoms with Crippen LogP contribution in [-0.4, -0.2) is 31.5 Å². The van der Waals surface area contributed by atoms with E-state index in [2.05, 4.69) is 15.2 Å². The molecule has 2 atom stereocenters. The Hall–Kier alpha value is -3.05. The topological polar surface area (TPSA) is 43.1 Å². The number of benzene rings is 2. The highest BCUT2D eigenvalue weighted by Crippen LogP contribution is 2.35.